The van der Waals surface area contributed by atoms with E-state index in [4.69, 9.17) is 0 Å². The van der Waals surface area contributed by atoms with Gasteiger partial charge in [0.1, 0.15) is 5.69 Å². The number of aromatic nitrogens is 2. The van der Waals surface area contributed by atoms with Gasteiger partial charge in [0.05, 0.1) is 11.9 Å². The van der Waals surface area contributed by atoms with Crippen molar-refractivity contribution in [1.29, 1.82) is 0 Å². The molecule has 2 rings (SSSR count). The largest absolute Gasteiger partial charge is 0.337 e. The lowest BCUT2D eigenvalue weighted by molar-refractivity contribution is 0.0679. The second-order valence-electron chi connectivity index (χ2n) is 5.25. The highest BCUT2D eigenvalue weighted by Crippen LogP contribution is 2.23. The van der Waals surface area contributed by atoms with Crippen LogP contribution in [0.4, 0.5) is 0 Å². The Morgan fingerprint density at radius 3 is 2.47 bits per heavy atom. The van der Waals surface area contributed by atoms with E-state index in [1.54, 1.807) is 12.4 Å². The van der Waals surface area contributed by atoms with E-state index in [9.17, 15) is 4.79 Å². The van der Waals surface area contributed by atoms with Crippen molar-refractivity contribution in [3.05, 3.63) is 23.8 Å². The highest BCUT2D eigenvalue weighted by atomic mass is 16.2. The van der Waals surface area contributed by atoms with Gasteiger partial charge in [-0.15, -0.1) is 0 Å². The van der Waals surface area contributed by atoms with E-state index in [1.807, 2.05) is 25.9 Å². The van der Waals surface area contributed by atoms with Crippen molar-refractivity contribution in [2.45, 2.75) is 44.7 Å². The molecule has 0 bridgehead atoms. The summed E-state index contributed by atoms with van der Waals surface area (Å²) in [4.78, 5) is 22.4. The van der Waals surface area contributed by atoms with Crippen LogP contribution in [0.3, 0.4) is 0 Å². The van der Waals surface area contributed by atoms with Crippen molar-refractivity contribution in [3.63, 3.8) is 0 Å². The lowest BCUT2D eigenvalue weighted by atomic mass is 9.90. The molecule has 1 fully saturated rings. The fourth-order valence-electron chi connectivity index (χ4n) is 2.60. The molecule has 0 spiro atoms. The van der Waals surface area contributed by atoms with Gasteiger partial charge < -0.3 is 10.2 Å². The summed E-state index contributed by atoms with van der Waals surface area (Å²) in [5.74, 6) is -0.0274. The van der Waals surface area contributed by atoms with Crippen molar-refractivity contribution < 1.29 is 4.79 Å². The summed E-state index contributed by atoms with van der Waals surface area (Å²) in [6.07, 6.45) is 7.54. The highest BCUT2D eigenvalue weighted by molar-refractivity contribution is 5.92. The smallest absolute Gasteiger partial charge is 0.274 e. The Morgan fingerprint density at radius 2 is 1.95 bits per heavy atom. The summed E-state index contributed by atoms with van der Waals surface area (Å²) in [7, 11) is 3.87. The van der Waals surface area contributed by atoms with E-state index in [1.165, 1.54) is 0 Å². The first-order chi connectivity index (χ1) is 9.11. The van der Waals surface area contributed by atoms with Crippen LogP contribution in [0.1, 0.15) is 41.9 Å². The van der Waals surface area contributed by atoms with Gasteiger partial charge in [0, 0.05) is 25.3 Å². The van der Waals surface area contributed by atoms with E-state index in [-0.39, 0.29) is 5.91 Å². The molecule has 0 aliphatic heterocycles. The maximum atomic E-state index is 12.3. The van der Waals surface area contributed by atoms with Crippen LogP contribution >= 0.6 is 0 Å². The summed E-state index contributed by atoms with van der Waals surface area (Å²) in [6.45, 7) is 1.87. The molecule has 1 aliphatic rings. The van der Waals surface area contributed by atoms with Crippen LogP contribution in [0.15, 0.2) is 12.4 Å². The summed E-state index contributed by atoms with van der Waals surface area (Å²) in [5, 5.41) is 3.30. The zero-order valence-electron chi connectivity index (χ0n) is 11.9. The molecule has 19 heavy (non-hydrogen) atoms. The molecule has 5 nitrogen and oxygen atoms in total. The van der Waals surface area contributed by atoms with Crippen molar-refractivity contribution in [2.24, 2.45) is 0 Å². The van der Waals surface area contributed by atoms with Crippen molar-refractivity contribution in [1.82, 2.24) is 20.2 Å². The number of hydrogen-bond acceptors (Lipinski definition) is 4. The van der Waals surface area contributed by atoms with Crippen LogP contribution in [-0.4, -0.2) is 47.0 Å². The molecular formula is C14H22N4O. The van der Waals surface area contributed by atoms with E-state index >= 15 is 0 Å². The SMILES string of the molecule is CNC1CCC(N(C)C(=O)c2cnc(C)cn2)CC1. The van der Waals surface area contributed by atoms with Gasteiger partial charge in [-0.3, -0.25) is 9.78 Å². The van der Waals surface area contributed by atoms with Crippen molar-refractivity contribution >= 4 is 5.91 Å². The summed E-state index contributed by atoms with van der Waals surface area (Å²) < 4.78 is 0. The quantitative estimate of drug-likeness (QED) is 0.894. The average Bonchev–Trinajstić information content (AvgIpc) is 2.46. The van der Waals surface area contributed by atoms with Crippen LogP contribution in [0.5, 0.6) is 0 Å². The predicted molar refractivity (Wildman–Crippen MR) is 74.0 cm³/mol. The van der Waals surface area contributed by atoms with Gasteiger partial charge in [0.25, 0.3) is 5.91 Å². The van der Waals surface area contributed by atoms with Crippen LogP contribution in [0, 0.1) is 6.92 Å². The fraction of sp³-hybridized carbons (Fsp3) is 0.643. The van der Waals surface area contributed by atoms with Gasteiger partial charge in [0.15, 0.2) is 0 Å². The lowest BCUT2D eigenvalue weighted by Crippen LogP contribution is -2.42. The van der Waals surface area contributed by atoms with Crippen molar-refractivity contribution in [3.8, 4) is 0 Å². The minimum Gasteiger partial charge on any atom is -0.337 e. The van der Waals surface area contributed by atoms with E-state index in [2.05, 4.69) is 15.3 Å². The van der Waals surface area contributed by atoms with Gasteiger partial charge in [-0.1, -0.05) is 0 Å². The molecule has 0 saturated heterocycles. The third-order valence-electron chi connectivity index (χ3n) is 3.97. The topological polar surface area (TPSA) is 58.1 Å². The summed E-state index contributed by atoms with van der Waals surface area (Å²) in [6, 6.07) is 0.916. The maximum Gasteiger partial charge on any atom is 0.274 e. The van der Waals surface area contributed by atoms with Crippen LogP contribution < -0.4 is 5.32 Å². The average molecular weight is 262 g/mol. The minimum absolute atomic E-state index is 0.0274. The normalized spacial score (nSPS) is 23.1. The minimum atomic E-state index is -0.0274. The molecule has 0 radical (unpaired) electrons. The molecule has 0 unspecified atom stereocenters. The zero-order chi connectivity index (χ0) is 13.8. The van der Waals surface area contributed by atoms with Gasteiger partial charge >= 0.3 is 0 Å². The summed E-state index contributed by atoms with van der Waals surface area (Å²) >= 11 is 0. The molecule has 1 heterocycles. The van der Waals surface area contributed by atoms with E-state index in [0.29, 0.717) is 17.8 Å². The van der Waals surface area contributed by atoms with Crippen LogP contribution in [-0.2, 0) is 0 Å². The Balaban J connectivity index is 1.98. The number of nitrogens with one attached hydrogen (secondary N) is 1. The lowest BCUT2D eigenvalue weighted by Gasteiger charge is -2.34. The number of carbonyl (C=O) groups excluding carboxylic acids is 1. The summed E-state index contributed by atoms with van der Waals surface area (Å²) in [5.41, 5.74) is 1.26. The number of rotatable bonds is 3. The number of aryl methyl sites for hydroxylation is 1. The van der Waals surface area contributed by atoms with Crippen molar-refractivity contribution in [2.75, 3.05) is 14.1 Å². The molecule has 5 heteroatoms. The third-order valence-corrected chi connectivity index (χ3v) is 3.97. The van der Waals surface area contributed by atoms with Crippen LogP contribution in [0.2, 0.25) is 0 Å². The zero-order valence-corrected chi connectivity index (χ0v) is 11.9. The molecule has 1 aromatic rings. The number of amides is 1. The van der Waals surface area contributed by atoms with Crippen LogP contribution in [0.25, 0.3) is 0 Å². The van der Waals surface area contributed by atoms with Gasteiger partial charge in [0.2, 0.25) is 0 Å². The molecule has 1 N–H and O–H groups in total. The number of carbonyl (C=O) groups is 1. The molecule has 1 aliphatic carbocycles. The van der Waals surface area contributed by atoms with E-state index < -0.39 is 0 Å². The standard InChI is InChI=1S/C14H22N4O/c1-10-8-17-13(9-16-10)14(19)18(3)12-6-4-11(15-2)5-7-12/h8-9,11-12,15H,4-7H2,1-3H3. The third kappa shape index (κ3) is 3.29. The maximum absolute atomic E-state index is 12.3. The Morgan fingerprint density at radius 1 is 1.26 bits per heavy atom. The number of hydrogen-bond donors (Lipinski definition) is 1. The Kier molecular flexibility index (Phi) is 4.47. The molecule has 104 valence electrons. The molecule has 1 saturated carbocycles. The van der Waals surface area contributed by atoms with Gasteiger partial charge in [-0.2, -0.15) is 0 Å². The first kappa shape index (κ1) is 13.9. The fourth-order valence-corrected chi connectivity index (χ4v) is 2.60. The predicted octanol–water partition coefficient (Wildman–Crippen LogP) is 1.39. The van der Waals surface area contributed by atoms with E-state index in [0.717, 1.165) is 31.4 Å². The molecule has 1 aromatic heterocycles. The molecule has 0 aromatic carbocycles. The second kappa shape index (κ2) is 6.10. The molecule has 0 atom stereocenters. The Bertz CT molecular complexity index is 424. The number of nitrogens with zero attached hydrogens (tertiary/aromatic N) is 3. The molecule has 1 amide bonds. The Labute approximate surface area is 114 Å². The Hall–Kier alpha value is -1.49. The van der Waals surface area contributed by atoms with Gasteiger partial charge in [-0.05, 0) is 39.7 Å². The monoisotopic (exact) mass is 262 g/mol. The molecular weight excluding hydrogens is 240 g/mol. The first-order valence-electron chi connectivity index (χ1n) is 6.85. The highest BCUT2D eigenvalue weighted by Gasteiger charge is 2.26. The first-order valence-corrected chi connectivity index (χ1v) is 6.85. The van der Waals surface area contributed by atoms with Gasteiger partial charge in [-0.25, -0.2) is 4.98 Å². The second-order valence-corrected chi connectivity index (χ2v) is 5.25.